The number of hydrogen-bond donors (Lipinski definition) is 2. The van der Waals surface area contributed by atoms with Crippen molar-refractivity contribution in [3.05, 3.63) is 29.8 Å². The van der Waals surface area contributed by atoms with Gasteiger partial charge >= 0.3 is 5.97 Å². The fourth-order valence-corrected chi connectivity index (χ4v) is 3.29. The van der Waals surface area contributed by atoms with Crippen molar-refractivity contribution in [2.24, 2.45) is 0 Å². The van der Waals surface area contributed by atoms with E-state index in [4.69, 9.17) is 5.11 Å². The highest BCUT2D eigenvalue weighted by atomic mass is 32.2. The highest BCUT2D eigenvalue weighted by Crippen LogP contribution is 2.13. The van der Waals surface area contributed by atoms with Crippen LogP contribution in [0.1, 0.15) is 23.7 Å². The lowest BCUT2D eigenvalue weighted by Crippen LogP contribution is -2.41. The van der Waals surface area contributed by atoms with Crippen molar-refractivity contribution in [1.29, 1.82) is 0 Å². The number of carbonyl (C=O) groups is 2. The van der Waals surface area contributed by atoms with Gasteiger partial charge in [0, 0.05) is 5.56 Å². The topological polar surface area (TPSA) is 101 Å². The van der Waals surface area contributed by atoms with Crippen LogP contribution in [0.15, 0.2) is 29.2 Å². The Morgan fingerprint density at radius 3 is 2.29 bits per heavy atom. The summed E-state index contributed by atoms with van der Waals surface area (Å²) in [6.07, 6.45) is 2.01. The van der Waals surface area contributed by atoms with Gasteiger partial charge in [0.05, 0.1) is 4.90 Å². The second-order valence-corrected chi connectivity index (χ2v) is 7.07. The molecule has 0 aromatic heterocycles. The normalized spacial score (nSPS) is 12.9. The molecule has 0 heterocycles. The van der Waals surface area contributed by atoms with Crippen molar-refractivity contribution in [3.8, 4) is 0 Å². The number of sulfonamides is 1. The monoisotopic (exact) mass is 331 g/mol. The van der Waals surface area contributed by atoms with Crippen LogP contribution in [0.2, 0.25) is 0 Å². The molecule has 0 aliphatic rings. The van der Waals surface area contributed by atoms with E-state index < -0.39 is 22.0 Å². The molecule has 116 valence electrons. The highest BCUT2D eigenvalue weighted by molar-refractivity contribution is 7.98. The summed E-state index contributed by atoms with van der Waals surface area (Å²) < 4.78 is 26.4. The number of ketones is 1. The quantitative estimate of drug-likeness (QED) is 0.698. The van der Waals surface area contributed by atoms with E-state index in [1.807, 2.05) is 6.26 Å². The number of benzene rings is 1. The predicted octanol–water partition coefficient (Wildman–Crippen LogP) is 1.37. The zero-order chi connectivity index (χ0) is 16.0. The molecule has 6 nitrogen and oxygen atoms in total. The van der Waals surface area contributed by atoms with Gasteiger partial charge in [0.25, 0.3) is 0 Å². The molecule has 0 aliphatic carbocycles. The van der Waals surface area contributed by atoms with E-state index in [0.29, 0.717) is 11.3 Å². The molecule has 0 spiro atoms. The summed E-state index contributed by atoms with van der Waals surface area (Å²) >= 11 is 1.44. The molecule has 0 saturated heterocycles. The summed E-state index contributed by atoms with van der Waals surface area (Å²) in [5.41, 5.74) is 0.395. The SMILES string of the molecule is CSCC[C@H](NS(=O)(=O)c1ccc(C(C)=O)cc1)C(=O)O. The molecule has 1 aromatic rings. The molecule has 0 fully saturated rings. The number of aliphatic carboxylic acids is 1. The Kier molecular flexibility index (Phi) is 6.38. The van der Waals surface area contributed by atoms with Gasteiger partial charge in [-0.05, 0) is 37.5 Å². The van der Waals surface area contributed by atoms with Crippen LogP contribution in [0, 0.1) is 0 Å². The third-order valence-corrected chi connectivity index (χ3v) is 4.91. The standard InChI is InChI=1S/C13H17NO5S2/c1-9(15)10-3-5-11(6-4-10)21(18,19)14-12(13(16)17)7-8-20-2/h3-6,12,14H,7-8H2,1-2H3,(H,16,17)/t12-/m0/s1. The Bertz CT molecular complexity index is 610. The molecule has 0 bridgehead atoms. The predicted molar refractivity (Wildman–Crippen MR) is 81.2 cm³/mol. The average molecular weight is 331 g/mol. The number of nitrogens with one attached hydrogen (secondary N) is 1. The first kappa shape index (κ1) is 17.7. The molecule has 2 N–H and O–H groups in total. The minimum absolute atomic E-state index is 0.0668. The molecule has 1 rings (SSSR count). The number of hydrogen-bond acceptors (Lipinski definition) is 5. The Hall–Kier alpha value is -1.38. The summed E-state index contributed by atoms with van der Waals surface area (Å²) in [6, 6.07) is 4.19. The van der Waals surface area contributed by atoms with Crippen LogP contribution in [-0.2, 0) is 14.8 Å². The molecule has 0 unspecified atom stereocenters. The lowest BCUT2D eigenvalue weighted by molar-refractivity contribution is -0.139. The van der Waals surface area contributed by atoms with Crippen LogP contribution in [0.4, 0.5) is 0 Å². The summed E-state index contributed by atoms with van der Waals surface area (Å²) in [6.45, 7) is 1.38. The Morgan fingerprint density at radius 2 is 1.86 bits per heavy atom. The van der Waals surface area contributed by atoms with Gasteiger partial charge in [-0.1, -0.05) is 12.1 Å². The van der Waals surface area contributed by atoms with Gasteiger partial charge in [-0.2, -0.15) is 16.5 Å². The summed E-state index contributed by atoms with van der Waals surface area (Å²) in [4.78, 5) is 22.2. The fraction of sp³-hybridized carbons (Fsp3) is 0.385. The summed E-state index contributed by atoms with van der Waals surface area (Å²) in [7, 11) is -3.93. The van der Waals surface area contributed by atoms with E-state index in [9.17, 15) is 18.0 Å². The van der Waals surface area contributed by atoms with Gasteiger partial charge in [-0.25, -0.2) is 8.42 Å². The first-order chi connectivity index (χ1) is 9.77. The molecule has 1 atom stereocenters. The van der Waals surface area contributed by atoms with Crippen molar-refractivity contribution in [2.45, 2.75) is 24.3 Å². The van der Waals surface area contributed by atoms with E-state index in [-0.39, 0.29) is 17.1 Å². The number of thioether (sulfide) groups is 1. The number of Topliss-reactive ketones (excluding diaryl/α,β-unsaturated/α-hetero) is 1. The third-order valence-electron chi connectivity index (χ3n) is 2.78. The molecule has 0 saturated carbocycles. The maximum absolute atomic E-state index is 12.1. The minimum Gasteiger partial charge on any atom is -0.480 e. The molecule has 21 heavy (non-hydrogen) atoms. The van der Waals surface area contributed by atoms with E-state index in [1.165, 1.54) is 43.0 Å². The van der Waals surface area contributed by atoms with E-state index >= 15 is 0 Å². The Morgan fingerprint density at radius 1 is 1.29 bits per heavy atom. The lowest BCUT2D eigenvalue weighted by atomic mass is 10.2. The van der Waals surface area contributed by atoms with E-state index in [0.717, 1.165) is 0 Å². The summed E-state index contributed by atoms with van der Waals surface area (Å²) in [5.74, 6) is -0.855. The lowest BCUT2D eigenvalue weighted by Gasteiger charge is -2.14. The smallest absolute Gasteiger partial charge is 0.321 e. The van der Waals surface area contributed by atoms with Gasteiger partial charge in [-0.15, -0.1) is 0 Å². The second-order valence-electron chi connectivity index (χ2n) is 4.37. The zero-order valence-electron chi connectivity index (χ0n) is 11.7. The van der Waals surface area contributed by atoms with Gasteiger partial charge in [0.15, 0.2) is 5.78 Å². The maximum atomic E-state index is 12.1. The molecule has 0 aliphatic heterocycles. The Balaban J connectivity index is 2.93. The van der Waals surface area contributed by atoms with Crippen molar-refractivity contribution in [2.75, 3.05) is 12.0 Å². The maximum Gasteiger partial charge on any atom is 0.321 e. The number of carboxylic acids is 1. The number of carbonyl (C=O) groups excluding carboxylic acids is 1. The zero-order valence-corrected chi connectivity index (χ0v) is 13.3. The molecular formula is C13H17NO5S2. The summed E-state index contributed by atoms with van der Waals surface area (Å²) in [5, 5.41) is 9.05. The first-order valence-corrected chi connectivity index (χ1v) is 9.00. The highest BCUT2D eigenvalue weighted by Gasteiger charge is 2.25. The van der Waals surface area contributed by atoms with Crippen molar-refractivity contribution < 1.29 is 23.1 Å². The van der Waals surface area contributed by atoms with Crippen molar-refractivity contribution in [1.82, 2.24) is 4.72 Å². The van der Waals surface area contributed by atoms with Gasteiger partial charge in [0.1, 0.15) is 6.04 Å². The van der Waals surface area contributed by atoms with Crippen molar-refractivity contribution >= 4 is 33.5 Å². The van der Waals surface area contributed by atoms with Crippen LogP contribution in [0.25, 0.3) is 0 Å². The first-order valence-electron chi connectivity index (χ1n) is 6.13. The van der Waals surface area contributed by atoms with Crippen molar-refractivity contribution in [3.63, 3.8) is 0 Å². The van der Waals surface area contributed by atoms with Crippen LogP contribution in [0.3, 0.4) is 0 Å². The van der Waals surface area contributed by atoms with Gasteiger partial charge < -0.3 is 5.11 Å². The molecule has 8 heteroatoms. The largest absolute Gasteiger partial charge is 0.480 e. The average Bonchev–Trinajstić information content (AvgIpc) is 2.43. The van der Waals surface area contributed by atoms with Crippen LogP contribution in [-0.4, -0.2) is 43.3 Å². The van der Waals surface area contributed by atoms with Gasteiger partial charge in [-0.3, -0.25) is 9.59 Å². The molecular weight excluding hydrogens is 314 g/mol. The number of rotatable bonds is 8. The number of carboxylic acid groups (broad SMARTS) is 1. The minimum atomic E-state index is -3.93. The molecule has 0 radical (unpaired) electrons. The molecule has 0 amide bonds. The van der Waals surface area contributed by atoms with Crippen LogP contribution in [0.5, 0.6) is 0 Å². The second kappa shape index (κ2) is 7.58. The fourth-order valence-electron chi connectivity index (χ4n) is 1.59. The van der Waals surface area contributed by atoms with E-state index in [1.54, 1.807) is 0 Å². The van der Waals surface area contributed by atoms with Crippen LogP contribution >= 0.6 is 11.8 Å². The molecule has 1 aromatic carbocycles. The Labute approximate surface area is 128 Å². The van der Waals surface area contributed by atoms with Crippen LogP contribution < -0.4 is 4.72 Å². The van der Waals surface area contributed by atoms with E-state index in [2.05, 4.69) is 4.72 Å². The van der Waals surface area contributed by atoms with Gasteiger partial charge in [0.2, 0.25) is 10.0 Å². The third kappa shape index (κ3) is 5.14.